The SMILES string of the molecule is CCOC(=O)/C=C(/C)Nc1cc(-c2ccccc2)[nH]c1-c1ccccc1. The van der Waals surface area contributed by atoms with Gasteiger partial charge >= 0.3 is 5.97 Å². The van der Waals surface area contributed by atoms with E-state index in [0.717, 1.165) is 33.9 Å². The molecule has 0 aliphatic rings. The predicted molar refractivity (Wildman–Crippen MR) is 106 cm³/mol. The van der Waals surface area contributed by atoms with Gasteiger partial charge in [0.1, 0.15) is 0 Å². The number of carbonyl (C=O) groups is 1. The third kappa shape index (κ3) is 4.22. The maximum atomic E-state index is 11.7. The first-order chi connectivity index (χ1) is 12.7. The van der Waals surface area contributed by atoms with Gasteiger partial charge in [0.25, 0.3) is 0 Å². The van der Waals surface area contributed by atoms with E-state index in [2.05, 4.69) is 40.6 Å². The number of H-pyrrole nitrogens is 1. The van der Waals surface area contributed by atoms with Crippen LogP contribution in [-0.2, 0) is 9.53 Å². The van der Waals surface area contributed by atoms with Crippen molar-refractivity contribution in [1.29, 1.82) is 0 Å². The maximum absolute atomic E-state index is 11.7. The quantitative estimate of drug-likeness (QED) is 0.475. The second-order valence-corrected chi connectivity index (χ2v) is 5.91. The fourth-order valence-corrected chi connectivity index (χ4v) is 2.77. The number of aromatic nitrogens is 1. The number of hydrogen-bond donors (Lipinski definition) is 2. The lowest BCUT2D eigenvalue weighted by Crippen LogP contribution is -2.04. The number of carbonyl (C=O) groups excluding carboxylic acids is 1. The first kappa shape index (κ1) is 17.5. The summed E-state index contributed by atoms with van der Waals surface area (Å²) in [6.45, 7) is 4.00. The number of hydrogen-bond acceptors (Lipinski definition) is 3. The summed E-state index contributed by atoms with van der Waals surface area (Å²) < 4.78 is 4.98. The summed E-state index contributed by atoms with van der Waals surface area (Å²) in [6.07, 6.45) is 1.47. The van der Waals surface area contributed by atoms with Crippen molar-refractivity contribution in [1.82, 2.24) is 4.98 Å². The van der Waals surface area contributed by atoms with Gasteiger partial charge < -0.3 is 15.0 Å². The molecule has 4 nitrogen and oxygen atoms in total. The normalized spacial score (nSPS) is 11.2. The van der Waals surface area contributed by atoms with Crippen LogP contribution in [-0.4, -0.2) is 17.6 Å². The molecule has 0 fully saturated rings. The Labute approximate surface area is 153 Å². The topological polar surface area (TPSA) is 54.1 Å². The molecule has 0 saturated heterocycles. The number of ether oxygens (including phenoxy) is 1. The Morgan fingerprint density at radius 2 is 1.65 bits per heavy atom. The van der Waals surface area contributed by atoms with Crippen LogP contribution in [0.4, 0.5) is 5.69 Å². The Bertz CT molecular complexity index is 896. The molecule has 3 aromatic rings. The zero-order valence-electron chi connectivity index (χ0n) is 15.0. The van der Waals surface area contributed by atoms with Crippen molar-refractivity contribution in [2.45, 2.75) is 13.8 Å². The summed E-state index contributed by atoms with van der Waals surface area (Å²) in [6, 6.07) is 22.3. The average Bonchev–Trinajstić information content (AvgIpc) is 3.07. The molecular weight excluding hydrogens is 324 g/mol. The van der Waals surface area contributed by atoms with Gasteiger partial charge in [-0.05, 0) is 25.5 Å². The summed E-state index contributed by atoms with van der Waals surface area (Å²) in [5.41, 5.74) is 5.79. The van der Waals surface area contributed by atoms with E-state index in [1.54, 1.807) is 6.92 Å². The van der Waals surface area contributed by atoms with Gasteiger partial charge in [-0.3, -0.25) is 0 Å². The lowest BCUT2D eigenvalue weighted by molar-refractivity contribution is -0.137. The number of allylic oxidation sites excluding steroid dienone is 1. The van der Waals surface area contributed by atoms with Gasteiger partial charge in [0.15, 0.2) is 0 Å². The molecule has 1 heterocycles. The summed E-state index contributed by atoms with van der Waals surface area (Å²) in [7, 11) is 0. The van der Waals surface area contributed by atoms with Gasteiger partial charge in [0, 0.05) is 23.0 Å². The van der Waals surface area contributed by atoms with E-state index >= 15 is 0 Å². The van der Waals surface area contributed by atoms with Crippen LogP contribution in [0.1, 0.15) is 13.8 Å². The van der Waals surface area contributed by atoms with Crippen LogP contribution in [0.2, 0.25) is 0 Å². The van der Waals surface area contributed by atoms with Crippen LogP contribution in [0, 0.1) is 0 Å². The number of nitrogens with one attached hydrogen (secondary N) is 2. The molecule has 0 atom stereocenters. The minimum absolute atomic E-state index is 0.349. The fourth-order valence-electron chi connectivity index (χ4n) is 2.77. The average molecular weight is 346 g/mol. The Morgan fingerprint density at radius 1 is 1.04 bits per heavy atom. The molecule has 26 heavy (non-hydrogen) atoms. The highest BCUT2D eigenvalue weighted by Crippen LogP contribution is 2.33. The standard InChI is InChI=1S/C22H22N2O2/c1-3-26-21(25)14-16(2)23-20-15-19(17-10-6-4-7-11-17)24-22(20)18-12-8-5-9-13-18/h4-15,23-24H,3H2,1-2H3/b16-14-. The van der Waals surface area contributed by atoms with Crippen molar-refractivity contribution in [3.05, 3.63) is 78.5 Å². The first-order valence-electron chi connectivity index (χ1n) is 8.63. The first-order valence-corrected chi connectivity index (χ1v) is 8.63. The third-order valence-corrected chi connectivity index (χ3v) is 3.92. The van der Waals surface area contributed by atoms with E-state index < -0.39 is 0 Å². The minimum Gasteiger partial charge on any atom is -0.463 e. The smallest absolute Gasteiger partial charge is 0.332 e. The summed E-state index contributed by atoms with van der Waals surface area (Å²) in [4.78, 5) is 15.2. The maximum Gasteiger partial charge on any atom is 0.332 e. The lowest BCUT2D eigenvalue weighted by Gasteiger charge is -2.08. The molecule has 0 saturated carbocycles. The van der Waals surface area contributed by atoms with Gasteiger partial charge in [-0.15, -0.1) is 0 Å². The molecule has 3 rings (SSSR count). The van der Waals surface area contributed by atoms with E-state index in [1.165, 1.54) is 6.08 Å². The van der Waals surface area contributed by atoms with E-state index in [1.807, 2.05) is 43.3 Å². The van der Waals surface area contributed by atoms with E-state index in [9.17, 15) is 4.79 Å². The molecule has 2 aromatic carbocycles. The van der Waals surface area contributed by atoms with Crippen molar-refractivity contribution in [2.75, 3.05) is 11.9 Å². The Hall–Kier alpha value is -3.27. The molecular formula is C22H22N2O2. The van der Waals surface area contributed by atoms with Gasteiger partial charge in [-0.1, -0.05) is 60.7 Å². The monoisotopic (exact) mass is 346 g/mol. The molecule has 0 aliphatic carbocycles. The van der Waals surface area contributed by atoms with Crippen LogP contribution < -0.4 is 5.32 Å². The van der Waals surface area contributed by atoms with Crippen molar-refractivity contribution in [3.8, 4) is 22.5 Å². The Kier molecular flexibility index (Phi) is 5.54. The van der Waals surface area contributed by atoms with Crippen molar-refractivity contribution in [3.63, 3.8) is 0 Å². The Morgan fingerprint density at radius 3 is 2.27 bits per heavy atom. The minimum atomic E-state index is -0.349. The number of benzene rings is 2. The molecule has 0 spiro atoms. The van der Waals surface area contributed by atoms with Crippen LogP contribution in [0.5, 0.6) is 0 Å². The second kappa shape index (κ2) is 8.21. The lowest BCUT2D eigenvalue weighted by atomic mass is 10.1. The zero-order chi connectivity index (χ0) is 18.4. The van der Waals surface area contributed by atoms with Gasteiger partial charge in [0.2, 0.25) is 0 Å². The molecule has 0 aliphatic heterocycles. The zero-order valence-corrected chi connectivity index (χ0v) is 15.0. The third-order valence-electron chi connectivity index (χ3n) is 3.92. The van der Waals surface area contributed by atoms with Crippen molar-refractivity contribution >= 4 is 11.7 Å². The fraction of sp³-hybridized carbons (Fsp3) is 0.136. The molecule has 1 aromatic heterocycles. The highest BCUT2D eigenvalue weighted by Gasteiger charge is 2.12. The van der Waals surface area contributed by atoms with Crippen LogP contribution in [0.3, 0.4) is 0 Å². The van der Waals surface area contributed by atoms with Gasteiger partial charge in [0.05, 0.1) is 18.0 Å². The number of esters is 1. The van der Waals surface area contributed by atoms with Crippen LogP contribution in [0.25, 0.3) is 22.5 Å². The molecule has 132 valence electrons. The van der Waals surface area contributed by atoms with E-state index in [4.69, 9.17) is 4.74 Å². The second-order valence-electron chi connectivity index (χ2n) is 5.91. The molecule has 0 radical (unpaired) electrons. The molecule has 2 N–H and O–H groups in total. The molecule has 4 heteroatoms. The van der Waals surface area contributed by atoms with Crippen LogP contribution in [0.15, 0.2) is 78.5 Å². The summed E-state index contributed by atoms with van der Waals surface area (Å²) in [5, 5.41) is 3.32. The van der Waals surface area contributed by atoms with Crippen molar-refractivity contribution < 1.29 is 9.53 Å². The highest BCUT2D eigenvalue weighted by molar-refractivity contribution is 5.85. The molecule has 0 amide bonds. The van der Waals surface area contributed by atoms with E-state index in [-0.39, 0.29) is 5.97 Å². The number of aromatic amines is 1. The summed E-state index contributed by atoms with van der Waals surface area (Å²) in [5.74, 6) is -0.349. The molecule has 0 bridgehead atoms. The van der Waals surface area contributed by atoms with Gasteiger partial charge in [-0.25, -0.2) is 4.79 Å². The van der Waals surface area contributed by atoms with Gasteiger partial charge in [-0.2, -0.15) is 0 Å². The predicted octanol–water partition coefficient (Wildman–Crippen LogP) is 5.23. The summed E-state index contributed by atoms with van der Waals surface area (Å²) >= 11 is 0. The Balaban J connectivity index is 1.97. The highest BCUT2D eigenvalue weighted by atomic mass is 16.5. The number of anilines is 1. The van der Waals surface area contributed by atoms with Crippen LogP contribution >= 0.6 is 0 Å². The van der Waals surface area contributed by atoms with E-state index in [0.29, 0.717) is 6.61 Å². The number of rotatable bonds is 6. The molecule has 0 unspecified atom stereocenters. The largest absolute Gasteiger partial charge is 0.463 e. The van der Waals surface area contributed by atoms with Crippen molar-refractivity contribution in [2.24, 2.45) is 0 Å².